The number of unbranched alkanes of at least 4 members (excludes halogenated alkanes) is 2. The van der Waals surface area contributed by atoms with Crippen LogP contribution in [0.25, 0.3) is 0 Å². The molecule has 0 aliphatic rings. The molecule has 2 nitrogen and oxygen atoms in total. The molecule has 3 aromatic rings. The zero-order chi connectivity index (χ0) is 19.8. The van der Waals surface area contributed by atoms with E-state index in [0.29, 0.717) is 0 Å². The predicted octanol–water partition coefficient (Wildman–Crippen LogP) is 5.89. The molecular weight excluding hydrogens is 343 g/mol. The van der Waals surface area contributed by atoms with Gasteiger partial charge < -0.3 is 9.31 Å². The normalized spacial score (nSPS) is 10.5. The smallest absolute Gasteiger partial charge is 0.522 e. The molecule has 0 saturated carbocycles. The maximum absolute atomic E-state index is 6.41. The molecular formula is C25H29BO2. The van der Waals surface area contributed by atoms with Crippen LogP contribution in [-0.4, -0.2) is 7.12 Å². The Morgan fingerprint density at radius 3 is 1.79 bits per heavy atom. The third kappa shape index (κ3) is 5.19. The fourth-order valence-electron chi connectivity index (χ4n) is 3.32. The number of benzene rings is 3. The number of hydrogen-bond donors (Lipinski definition) is 0. The molecule has 0 spiro atoms. The van der Waals surface area contributed by atoms with Crippen LogP contribution in [0.15, 0.2) is 72.8 Å². The Morgan fingerprint density at radius 2 is 1.21 bits per heavy atom. The lowest BCUT2D eigenvalue weighted by molar-refractivity contribution is 0.435. The van der Waals surface area contributed by atoms with Crippen LogP contribution in [0, 0.1) is 13.8 Å². The fraction of sp³-hybridized carbons (Fsp3) is 0.280. The van der Waals surface area contributed by atoms with Crippen molar-refractivity contribution in [2.45, 2.75) is 46.5 Å². The Labute approximate surface area is 169 Å². The molecule has 0 saturated heterocycles. The largest absolute Gasteiger partial charge is 0.632 e. The molecule has 0 aromatic heterocycles. The molecule has 28 heavy (non-hydrogen) atoms. The average Bonchev–Trinajstić information content (AvgIpc) is 2.71. The standard InChI is InChI=1S/C25H29BO2/c1-4-5-6-15-22-16-9-10-17-23(22)26(27-24-18-11-7-13-20(24)2)28-25-19-12-8-14-21(25)3/h7-14,16-19H,4-6,15H2,1-3H3. The Hall–Kier alpha value is -2.68. The van der Waals surface area contributed by atoms with Gasteiger partial charge in [-0.2, -0.15) is 0 Å². The summed E-state index contributed by atoms with van der Waals surface area (Å²) < 4.78 is 12.8. The molecule has 0 aliphatic carbocycles. The Morgan fingerprint density at radius 1 is 0.679 bits per heavy atom. The van der Waals surface area contributed by atoms with Crippen LogP contribution in [0.3, 0.4) is 0 Å². The zero-order valence-corrected chi connectivity index (χ0v) is 17.2. The van der Waals surface area contributed by atoms with Crippen molar-refractivity contribution in [3.63, 3.8) is 0 Å². The van der Waals surface area contributed by atoms with Crippen LogP contribution in [0.2, 0.25) is 0 Å². The minimum Gasteiger partial charge on any atom is -0.522 e. The lowest BCUT2D eigenvalue weighted by atomic mass is 9.74. The Bertz CT molecular complexity index is 843. The summed E-state index contributed by atoms with van der Waals surface area (Å²) in [7, 11) is -0.486. The first-order valence-corrected chi connectivity index (χ1v) is 10.2. The van der Waals surface area contributed by atoms with E-state index in [1.165, 1.54) is 24.8 Å². The van der Waals surface area contributed by atoms with Gasteiger partial charge in [0.15, 0.2) is 0 Å². The molecule has 0 amide bonds. The second kappa shape index (κ2) is 10.0. The van der Waals surface area contributed by atoms with Crippen molar-refractivity contribution in [3.8, 4) is 11.5 Å². The van der Waals surface area contributed by atoms with E-state index >= 15 is 0 Å². The monoisotopic (exact) mass is 372 g/mol. The summed E-state index contributed by atoms with van der Waals surface area (Å²) in [5, 5.41) is 0. The fourth-order valence-corrected chi connectivity index (χ4v) is 3.32. The lowest BCUT2D eigenvalue weighted by Gasteiger charge is -2.21. The van der Waals surface area contributed by atoms with E-state index in [9.17, 15) is 0 Å². The minimum absolute atomic E-state index is 0.486. The minimum atomic E-state index is -0.486. The highest BCUT2D eigenvalue weighted by atomic mass is 16.6. The molecule has 0 atom stereocenters. The highest BCUT2D eigenvalue weighted by Gasteiger charge is 2.29. The van der Waals surface area contributed by atoms with Gasteiger partial charge in [-0.3, -0.25) is 0 Å². The zero-order valence-electron chi connectivity index (χ0n) is 17.2. The van der Waals surface area contributed by atoms with E-state index in [-0.39, 0.29) is 0 Å². The van der Waals surface area contributed by atoms with Gasteiger partial charge in [-0.05, 0) is 55.5 Å². The predicted molar refractivity (Wildman–Crippen MR) is 119 cm³/mol. The van der Waals surface area contributed by atoms with Gasteiger partial charge in [0.05, 0.1) is 0 Å². The van der Waals surface area contributed by atoms with Crippen LogP contribution in [0.4, 0.5) is 0 Å². The number of hydrogen-bond acceptors (Lipinski definition) is 2. The maximum atomic E-state index is 6.41. The first kappa shape index (κ1) is 20.1. The first-order valence-electron chi connectivity index (χ1n) is 10.2. The summed E-state index contributed by atoms with van der Waals surface area (Å²) >= 11 is 0. The molecule has 0 heterocycles. The lowest BCUT2D eigenvalue weighted by Crippen LogP contribution is -2.44. The summed E-state index contributed by atoms with van der Waals surface area (Å²) in [5.41, 5.74) is 4.60. The van der Waals surface area contributed by atoms with E-state index in [1.807, 2.05) is 36.4 Å². The molecule has 0 bridgehead atoms. The van der Waals surface area contributed by atoms with E-state index in [4.69, 9.17) is 9.31 Å². The molecule has 0 radical (unpaired) electrons. The van der Waals surface area contributed by atoms with Gasteiger partial charge in [0, 0.05) is 5.46 Å². The third-order valence-electron chi connectivity index (χ3n) is 5.01. The van der Waals surface area contributed by atoms with E-state index in [1.54, 1.807) is 0 Å². The van der Waals surface area contributed by atoms with Crippen molar-refractivity contribution < 1.29 is 9.31 Å². The van der Waals surface area contributed by atoms with Gasteiger partial charge in [-0.1, -0.05) is 80.4 Å². The number of aryl methyl sites for hydroxylation is 3. The summed E-state index contributed by atoms with van der Waals surface area (Å²) in [5.74, 6) is 1.70. The highest BCUT2D eigenvalue weighted by molar-refractivity contribution is 6.63. The van der Waals surface area contributed by atoms with Crippen molar-refractivity contribution in [1.29, 1.82) is 0 Å². The van der Waals surface area contributed by atoms with Gasteiger partial charge in [-0.25, -0.2) is 0 Å². The Kier molecular flexibility index (Phi) is 7.19. The first-order chi connectivity index (χ1) is 13.7. The Balaban J connectivity index is 1.94. The maximum Gasteiger partial charge on any atom is 0.632 e. The highest BCUT2D eigenvalue weighted by Crippen LogP contribution is 2.22. The van der Waals surface area contributed by atoms with E-state index in [0.717, 1.165) is 34.5 Å². The van der Waals surface area contributed by atoms with Gasteiger partial charge in [0.25, 0.3) is 0 Å². The molecule has 3 rings (SSSR count). The van der Waals surface area contributed by atoms with Crippen LogP contribution in [0.1, 0.15) is 42.9 Å². The molecule has 3 aromatic carbocycles. The van der Waals surface area contributed by atoms with Gasteiger partial charge in [-0.15, -0.1) is 0 Å². The van der Waals surface area contributed by atoms with Crippen molar-refractivity contribution in [1.82, 2.24) is 0 Å². The summed E-state index contributed by atoms with van der Waals surface area (Å²) in [6.07, 6.45) is 4.66. The third-order valence-corrected chi connectivity index (χ3v) is 5.01. The van der Waals surface area contributed by atoms with E-state index in [2.05, 4.69) is 57.2 Å². The molecule has 3 heteroatoms. The van der Waals surface area contributed by atoms with Gasteiger partial charge >= 0.3 is 7.12 Å². The second-order valence-electron chi connectivity index (χ2n) is 7.25. The van der Waals surface area contributed by atoms with Gasteiger partial charge in [0.2, 0.25) is 0 Å². The molecule has 144 valence electrons. The molecule has 0 aliphatic heterocycles. The van der Waals surface area contributed by atoms with Crippen LogP contribution in [0.5, 0.6) is 11.5 Å². The molecule has 0 N–H and O–H groups in total. The molecule has 0 unspecified atom stereocenters. The number of rotatable bonds is 9. The summed E-state index contributed by atoms with van der Waals surface area (Å²) in [6.45, 7) is 6.36. The topological polar surface area (TPSA) is 18.5 Å². The van der Waals surface area contributed by atoms with E-state index < -0.39 is 7.12 Å². The quantitative estimate of drug-likeness (QED) is 0.344. The van der Waals surface area contributed by atoms with Crippen molar-refractivity contribution in [2.24, 2.45) is 0 Å². The summed E-state index contributed by atoms with van der Waals surface area (Å²) in [6, 6.07) is 24.7. The van der Waals surface area contributed by atoms with Crippen LogP contribution >= 0.6 is 0 Å². The average molecular weight is 372 g/mol. The van der Waals surface area contributed by atoms with Crippen molar-refractivity contribution in [3.05, 3.63) is 89.5 Å². The molecule has 0 fully saturated rings. The SMILES string of the molecule is CCCCCc1ccccc1B(Oc1ccccc1C)Oc1ccccc1C. The second-order valence-corrected chi connectivity index (χ2v) is 7.25. The number of para-hydroxylation sites is 2. The van der Waals surface area contributed by atoms with Gasteiger partial charge in [0.1, 0.15) is 11.5 Å². The van der Waals surface area contributed by atoms with Crippen LogP contribution in [-0.2, 0) is 6.42 Å². The summed E-state index contributed by atoms with van der Waals surface area (Å²) in [4.78, 5) is 0. The van der Waals surface area contributed by atoms with Crippen molar-refractivity contribution in [2.75, 3.05) is 0 Å². The van der Waals surface area contributed by atoms with Crippen molar-refractivity contribution >= 4 is 12.6 Å². The van der Waals surface area contributed by atoms with Crippen LogP contribution < -0.4 is 14.8 Å².